The number of aliphatic hydroxyl groups excluding tert-OH is 2. The lowest BCUT2D eigenvalue weighted by molar-refractivity contribution is 0.105. The van der Waals surface area contributed by atoms with Crippen LogP contribution in [0.3, 0.4) is 0 Å². The lowest BCUT2D eigenvalue weighted by Gasteiger charge is -1.93. The van der Waals surface area contributed by atoms with Gasteiger partial charge in [-0.15, -0.1) is 0 Å². The minimum Gasteiger partial charge on any atom is -0.400 e. The first-order chi connectivity index (χ1) is 8.54. The smallest absolute Gasteiger partial charge is 0.249 e. The van der Waals surface area contributed by atoms with Gasteiger partial charge < -0.3 is 15.5 Å². The quantitative estimate of drug-likeness (QED) is 0.513. The number of hydrogen-bond acceptors (Lipinski definition) is 5. The number of benzene rings is 1. The number of ketones is 1. The van der Waals surface area contributed by atoms with Gasteiger partial charge in [-0.05, 0) is 14.1 Å². The van der Waals surface area contributed by atoms with Crippen molar-refractivity contribution in [2.45, 2.75) is 0 Å². The van der Waals surface area contributed by atoms with E-state index >= 15 is 0 Å². The Morgan fingerprint density at radius 2 is 1.50 bits per heavy atom. The molecule has 102 valence electrons. The highest BCUT2D eigenvalue weighted by atomic mass is 32.2. The zero-order valence-corrected chi connectivity index (χ0v) is 11.2. The summed E-state index contributed by atoms with van der Waals surface area (Å²) in [6.07, 6.45) is 0. The number of Topliss-reactive ketones (excluding diaryl/α,β-unsaturated/α-hetero) is 1. The summed E-state index contributed by atoms with van der Waals surface area (Å²) in [7, 11) is 1.88. The van der Waals surface area contributed by atoms with Gasteiger partial charge in [0.2, 0.25) is 21.1 Å². The number of carbonyl (C=O) groups is 1. The first kappa shape index (κ1) is 18.8. The highest BCUT2D eigenvalue weighted by Gasteiger charge is 2.11. The Kier molecular flexibility index (Phi) is 12.5. The Hall–Kier alpha value is -1.54. The SMILES string of the molecule is CNC.CO.O=C(C(O)=S(=O)=O)c1ccccc1. The summed E-state index contributed by atoms with van der Waals surface area (Å²) in [5.74, 6) is -0.895. The molecule has 0 aliphatic carbocycles. The van der Waals surface area contributed by atoms with Crippen molar-refractivity contribution in [3.63, 3.8) is 0 Å². The fourth-order valence-corrected chi connectivity index (χ4v) is 1.06. The Bertz CT molecular complexity index is 459. The molecule has 1 aromatic rings. The molecular formula is C11H17NO5S. The predicted octanol–water partition coefficient (Wildman–Crippen LogP) is -0.120. The van der Waals surface area contributed by atoms with Gasteiger partial charge >= 0.3 is 0 Å². The van der Waals surface area contributed by atoms with Crippen LogP contribution in [-0.2, 0) is 10.3 Å². The monoisotopic (exact) mass is 275 g/mol. The van der Waals surface area contributed by atoms with Crippen LogP contribution in [0.4, 0.5) is 0 Å². The lowest BCUT2D eigenvalue weighted by Crippen LogP contribution is -2.14. The van der Waals surface area contributed by atoms with E-state index in [9.17, 15) is 13.2 Å². The summed E-state index contributed by atoms with van der Waals surface area (Å²) in [4.78, 5) is 11.1. The van der Waals surface area contributed by atoms with E-state index in [1.165, 1.54) is 12.1 Å². The summed E-state index contributed by atoms with van der Waals surface area (Å²) in [5, 5.41) is 17.4. The molecule has 0 aliphatic rings. The van der Waals surface area contributed by atoms with E-state index in [0.29, 0.717) is 0 Å². The Balaban J connectivity index is 0. The molecule has 0 amide bonds. The fourth-order valence-electron chi connectivity index (χ4n) is 0.789. The average Bonchev–Trinajstić information content (AvgIpc) is 2.41. The molecule has 7 heteroatoms. The van der Waals surface area contributed by atoms with Crippen LogP contribution in [0.1, 0.15) is 10.4 Å². The van der Waals surface area contributed by atoms with Gasteiger partial charge in [0.25, 0.3) is 0 Å². The van der Waals surface area contributed by atoms with Crippen LogP contribution >= 0.6 is 0 Å². The third-order valence-electron chi connectivity index (χ3n) is 1.39. The van der Waals surface area contributed by atoms with Crippen LogP contribution in [0.2, 0.25) is 0 Å². The van der Waals surface area contributed by atoms with E-state index in [0.717, 1.165) is 7.11 Å². The molecule has 6 nitrogen and oxygen atoms in total. The second-order valence-corrected chi connectivity index (χ2v) is 3.59. The topological polar surface area (TPSA) is 104 Å². The summed E-state index contributed by atoms with van der Waals surface area (Å²) in [6.45, 7) is 0. The molecule has 0 atom stereocenters. The Labute approximate surface area is 107 Å². The molecule has 0 saturated carbocycles. The Morgan fingerprint density at radius 1 is 1.11 bits per heavy atom. The van der Waals surface area contributed by atoms with Crippen molar-refractivity contribution in [3.8, 4) is 0 Å². The molecule has 1 rings (SSSR count). The van der Waals surface area contributed by atoms with Crippen molar-refractivity contribution in [3.05, 3.63) is 35.9 Å². The van der Waals surface area contributed by atoms with Gasteiger partial charge in [-0.1, -0.05) is 30.3 Å². The largest absolute Gasteiger partial charge is 0.400 e. The molecule has 0 bridgehead atoms. The zero-order valence-electron chi connectivity index (χ0n) is 10.4. The van der Waals surface area contributed by atoms with E-state index in [4.69, 9.17) is 10.2 Å². The maximum absolute atomic E-state index is 11.1. The van der Waals surface area contributed by atoms with Crippen LogP contribution in [0.5, 0.6) is 0 Å². The number of nitrogens with one attached hydrogen (secondary N) is 1. The molecule has 1 aromatic carbocycles. The molecule has 0 spiro atoms. The van der Waals surface area contributed by atoms with Gasteiger partial charge in [0.1, 0.15) is 0 Å². The molecule has 0 aromatic heterocycles. The average molecular weight is 275 g/mol. The number of rotatable bonds is 2. The molecule has 0 saturated heterocycles. The second-order valence-electron chi connectivity index (χ2n) is 2.74. The van der Waals surface area contributed by atoms with E-state index in [-0.39, 0.29) is 5.56 Å². The normalized spacial score (nSPS) is 8.06. The van der Waals surface area contributed by atoms with Crippen molar-refractivity contribution < 1.29 is 23.4 Å². The summed E-state index contributed by atoms with van der Waals surface area (Å²) in [6, 6.07) is 7.68. The number of hydrogen-bond donors (Lipinski definition) is 3. The molecule has 3 N–H and O–H groups in total. The highest BCUT2D eigenvalue weighted by molar-refractivity contribution is 7.74. The highest BCUT2D eigenvalue weighted by Crippen LogP contribution is 1.99. The van der Waals surface area contributed by atoms with Gasteiger partial charge in [-0.3, -0.25) is 4.79 Å². The second kappa shape index (κ2) is 11.9. The van der Waals surface area contributed by atoms with E-state index in [1.807, 2.05) is 14.1 Å². The zero-order chi connectivity index (χ0) is 14.6. The van der Waals surface area contributed by atoms with Gasteiger partial charge in [0.05, 0.1) is 0 Å². The molecule has 0 radical (unpaired) electrons. The van der Waals surface area contributed by atoms with Crippen LogP contribution in [0, 0.1) is 0 Å². The number of aliphatic hydroxyl groups is 2. The minimum atomic E-state index is -2.87. The first-order valence-corrected chi connectivity index (χ1v) is 5.90. The van der Waals surface area contributed by atoms with Crippen LogP contribution < -0.4 is 5.32 Å². The number of carbonyl (C=O) groups excluding carboxylic acids is 1. The van der Waals surface area contributed by atoms with Crippen molar-refractivity contribution in [1.82, 2.24) is 5.32 Å². The predicted molar refractivity (Wildman–Crippen MR) is 70.5 cm³/mol. The molecule has 0 heterocycles. The minimum absolute atomic E-state index is 0.143. The molecular weight excluding hydrogens is 258 g/mol. The molecule has 18 heavy (non-hydrogen) atoms. The van der Waals surface area contributed by atoms with Crippen LogP contribution in [0.15, 0.2) is 30.3 Å². The Morgan fingerprint density at radius 3 is 1.83 bits per heavy atom. The van der Waals surface area contributed by atoms with Gasteiger partial charge in [-0.25, -0.2) is 0 Å². The van der Waals surface area contributed by atoms with E-state index in [1.54, 1.807) is 18.2 Å². The van der Waals surface area contributed by atoms with Crippen molar-refractivity contribution in [1.29, 1.82) is 0 Å². The van der Waals surface area contributed by atoms with Gasteiger partial charge in [0, 0.05) is 12.7 Å². The summed E-state index contributed by atoms with van der Waals surface area (Å²) in [5.41, 5.74) is 0.143. The standard InChI is InChI=1S/C8H6O4S.C2H7N.CH4O/c9-7(8(10)13(11)12)6-4-2-1-3-5-6;1-3-2;1-2/h1-5,10H;3H,1-2H3;2H,1H3. The third-order valence-corrected chi connectivity index (χ3v) is 1.89. The summed E-state index contributed by atoms with van der Waals surface area (Å²) >= 11 is 0. The fraction of sp³-hybridized carbons (Fsp3) is 0.273. The maximum atomic E-state index is 11.1. The van der Waals surface area contributed by atoms with Crippen LogP contribution in [-0.4, -0.2) is 50.7 Å². The molecule has 0 fully saturated rings. The first-order valence-electron chi connectivity index (χ1n) is 4.82. The van der Waals surface area contributed by atoms with Crippen molar-refractivity contribution in [2.24, 2.45) is 0 Å². The third kappa shape index (κ3) is 7.69. The van der Waals surface area contributed by atoms with E-state index in [2.05, 4.69) is 5.32 Å². The lowest BCUT2D eigenvalue weighted by atomic mass is 10.1. The summed E-state index contributed by atoms with van der Waals surface area (Å²) < 4.78 is 20.4. The van der Waals surface area contributed by atoms with Gasteiger partial charge in [0.15, 0.2) is 0 Å². The molecule has 0 aliphatic heterocycles. The van der Waals surface area contributed by atoms with Crippen molar-refractivity contribution in [2.75, 3.05) is 21.2 Å². The van der Waals surface area contributed by atoms with Crippen LogP contribution in [0.25, 0.3) is 0 Å². The van der Waals surface area contributed by atoms with Crippen molar-refractivity contribution >= 4 is 21.1 Å². The van der Waals surface area contributed by atoms with Gasteiger partial charge in [-0.2, -0.15) is 8.42 Å². The molecule has 0 unspecified atom stereocenters. The maximum Gasteiger partial charge on any atom is 0.249 e. The van der Waals surface area contributed by atoms with E-state index < -0.39 is 21.1 Å².